The third-order valence-electron chi connectivity index (χ3n) is 3.95. The van der Waals surface area contributed by atoms with Crippen molar-refractivity contribution in [2.45, 2.75) is 26.2 Å². The molecule has 1 aromatic carbocycles. The molecule has 7 heteroatoms. The summed E-state index contributed by atoms with van der Waals surface area (Å²) in [6.07, 6.45) is 0. The molecule has 2 heterocycles. The van der Waals surface area contributed by atoms with E-state index >= 15 is 0 Å². The summed E-state index contributed by atoms with van der Waals surface area (Å²) in [5, 5.41) is 2.86. The van der Waals surface area contributed by atoms with Crippen LogP contribution in [-0.2, 0) is 5.41 Å². The lowest BCUT2D eigenvalue weighted by Gasteiger charge is -2.30. The molecule has 24 heavy (non-hydrogen) atoms. The van der Waals surface area contributed by atoms with Crippen molar-refractivity contribution in [3.8, 4) is 0 Å². The Bertz CT molecular complexity index is 730. The van der Waals surface area contributed by atoms with Gasteiger partial charge in [0.2, 0.25) is 5.89 Å². The lowest BCUT2D eigenvalue weighted by atomic mass is 9.97. The van der Waals surface area contributed by atoms with Gasteiger partial charge in [0.05, 0.1) is 0 Å². The zero-order valence-electron chi connectivity index (χ0n) is 14.6. The van der Waals surface area contributed by atoms with Gasteiger partial charge in [-0.15, -0.1) is 0 Å². The number of fused-ring (bicyclic) bond motifs is 1. The molecule has 1 fully saturated rings. The predicted molar refractivity (Wildman–Crippen MR) is 98.4 cm³/mol. The number of aromatic nitrogens is 1. The molecular formula is C17H24N4O2S. The standard InChI is InChI=1S/C17H24N4O2S/c1-17(2,3)15-19-13-11-12(5-6-14(13)23-15)18-16(22)24-21-9-7-20(4)8-10-21/h5-6,11H,7-10H2,1-4H3,(H,18,22). The molecule has 1 aromatic heterocycles. The molecule has 0 saturated carbocycles. The Balaban J connectivity index is 1.65. The first kappa shape index (κ1) is 17.3. The minimum atomic E-state index is -0.139. The first-order chi connectivity index (χ1) is 11.3. The van der Waals surface area contributed by atoms with Crippen molar-refractivity contribution in [1.29, 1.82) is 0 Å². The van der Waals surface area contributed by atoms with E-state index in [4.69, 9.17) is 4.42 Å². The van der Waals surface area contributed by atoms with Crippen LogP contribution in [-0.4, -0.2) is 52.7 Å². The van der Waals surface area contributed by atoms with Gasteiger partial charge in [-0.3, -0.25) is 4.79 Å². The summed E-state index contributed by atoms with van der Waals surface area (Å²) in [6.45, 7) is 9.95. The van der Waals surface area contributed by atoms with Crippen LogP contribution >= 0.6 is 11.9 Å². The number of benzene rings is 1. The van der Waals surface area contributed by atoms with Crippen LogP contribution in [0.15, 0.2) is 22.6 Å². The van der Waals surface area contributed by atoms with Gasteiger partial charge in [0, 0.05) is 49.2 Å². The van der Waals surface area contributed by atoms with E-state index in [0.717, 1.165) is 43.0 Å². The predicted octanol–water partition coefficient (Wildman–Crippen LogP) is 3.55. The van der Waals surface area contributed by atoms with Gasteiger partial charge in [-0.1, -0.05) is 20.8 Å². The molecule has 0 radical (unpaired) electrons. The normalized spacial score (nSPS) is 17.3. The average Bonchev–Trinajstić information content (AvgIpc) is 2.93. The highest BCUT2D eigenvalue weighted by Gasteiger charge is 2.21. The number of carbonyl (C=O) groups is 1. The Labute approximate surface area is 146 Å². The fourth-order valence-electron chi connectivity index (χ4n) is 2.46. The van der Waals surface area contributed by atoms with Crippen LogP contribution in [0.4, 0.5) is 10.5 Å². The minimum Gasteiger partial charge on any atom is -0.440 e. The fourth-order valence-corrected chi connectivity index (χ4v) is 3.21. The summed E-state index contributed by atoms with van der Waals surface area (Å²) >= 11 is 1.25. The van der Waals surface area contributed by atoms with Gasteiger partial charge in [-0.05, 0) is 25.2 Å². The topological polar surface area (TPSA) is 61.6 Å². The fraction of sp³-hybridized carbons (Fsp3) is 0.529. The number of anilines is 1. The lowest BCUT2D eigenvalue weighted by molar-refractivity contribution is 0.232. The number of piperazine rings is 1. The maximum Gasteiger partial charge on any atom is 0.298 e. The smallest absolute Gasteiger partial charge is 0.298 e. The van der Waals surface area contributed by atoms with Gasteiger partial charge >= 0.3 is 0 Å². The molecule has 3 rings (SSSR count). The monoisotopic (exact) mass is 348 g/mol. The minimum absolute atomic E-state index is 0.0709. The summed E-state index contributed by atoms with van der Waals surface area (Å²) in [5.41, 5.74) is 2.11. The van der Waals surface area contributed by atoms with Crippen LogP contribution in [0.1, 0.15) is 26.7 Å². The van der Waals surface area contributed by atoms with Crippen LogP contribution < -0.4 is 5.32 Å². The summed E-state index contributed by atoms with van der Waals surface area (Å²) in [6, 6.07) is 5.56. The molecule has 0 bridgehead atoms. The van der Waals surface area contributed by atoms with Gasteiger partial charge in [-0.2, -0.15) is 0 Å². The van der Waals surface area contributed by atoms with Gasteiger partial charge in [0.25, 0.3) is 5.24 Å². The molecule has 130 valence electrons. The maximum atomic E-state index is 12.2. The number of amides is 1. The third-order valence-corrected chi connectivity index (χ3v) is 4.84. The molecular weight excluding hydrogens is 324 g/mol. The summed E-state index contributed by atoms with van der Waals surface area (Å²) in [4.78, 5) is 19.0. The number of hydrogen-bond donors (Lipinski definition) is 1. The first-order valence-corrected chi connectivity index (χ1v) is 8.92. The van der Waals surface area contributed by atoms with Crippen LogP contribution in [0.2, 0.25) is 0 Å². The Morgan fingerprint density at radius 2 is 1.96 bits per heavy atom. The van der Waals surface area contributed by atoms with Crippen molar-refractivity contribution in [3.05, 3.63) is 24.1 Å². The van der Waals surface area contributed by atoms with E-state index in [9.17, 15) is 4.79 Å². The number of oxazole rings is 1. The molecule has 1 aliphatic rings. The summed E-state index contributed by atoms with van der Waals surface area (Å²) < 4.78 is 7.88. The van der Waals surface area contributed by atoms with E-state index in [0.29, 0.717) is 5.89 Å². The number of nitrogens with zero attached hydrogens (tertiary/aromatic N) is 3. The Morgan fingerprint density at radius 3 is 2.62 bits per heavy atom. The van der Waals surface area contributed by atoms with E-state index in [-0.39, 0.29) is 10.7 Å². The van der Waals surface area contributed by atoms with Crippen LogP contribution in [0.5, 0.6) is 0 Å². The van der Waals surface area contributed by atoms with Crippen molar-refractivity contribution in [1.82, 2.24) is 14.2 Å². The zero-order valence-corrected chi connectivity index (χ0v) is 15.4. The second-order valence-electron chi connectivity index (χ2n) is 7.19. The van der Waals surface area contributed by atoms with Crippen LogP contribution in [0.25, 0.3) is 11.1 Å². The molecule has 6 nitrogen and oxygen atoms in total. The van der Waals surface area contributed by atoms with Gasteiger partial charge < -0.3 is 14.6 Å². The van der Waals surface area contributed by atoms with Gasteiger partial charge in [0.1, 0.15) is 5.52 Å². The largest absolute Gasteiger partial charge is 0.440 e. The molecule has 0 aliphatic carbocycles. The molecule has 1 saturated heterocycles. The highest BCUT2D eigenvalue weighted by atomic mass is 32.2. The van der Waals surface area contributed by atoms with E-state index in [1.807, 2.05) is 18.2 Å². The number of likely N-dealkylation sites (N-methyl/N-ethyl adjacent to an activating group) is 1. The Morgan fingerprint density at radius 1 is 1.25 bits per heavy atom. The molecule has 0 spiro atoms. The number of carbonyl (C=O) groups excluding carboxylic acids is 1. The van der Waals surface area contributed by atoms with Crippen molar-refractivity contribution in [2.24, 2.45) is 0 Å². The number of hydrogen-bond acceptors (Lipinski definition) is 6. The van der Waals surface area contributed by atoms with Crippen molar-refractivity contribution < 1.29 is 9.21 Å². The maximum absolute atomic E-state index is 12.2. The lowest BCUT2D eigenvalue weighted by Crippen LogP contribution is -2.41. The Hall–Kier alpha value is -1.57. The van der Waals surface area contributed by atoms with E-state index in [1.54, 1.807) is 0 Å². The highest BCUT2D eigenvalue weighted by molar-refractivity contribution is 8.11. The third kappa shape index (κ3) is 4.09. The highest BCUT2D eigenvalue weighted by Crippen LogP contribution is 2.27. The van der Waals surface area contributed by atoms with E-state index < -0.39 is 0 Å². The second-order valence-corrected chi connectivity index (χ2v) is 8.26. The Kier molecular flexibility index (Phi) is 4.85. The molecule has 0 atom stereocenters. The molecule has 1 N–H and O–H groups in total. The van der Waals surface area contributed by atoms with Crippen LogP contribution in [0, 0.1) is 0 Å². The summed E-state index contributed by atoms with van der Waals surface area (Å²) in [7, 11) is 2.10. The van der Waals surface area contributed by atoms with Crippen molar-refractivity contribution in [3.63, 3.8) is 0 Å². The summed E-state index contributed by atoms with van der Waals surface area (Å²) in [5.74, 6) is 0.702. The molecule has 1 amide bonds. The average molecular weight is 348 g/mol. The van der Waals surface area contributed by atoms with Crippen molar-refractivity contribution in [2.75, 3.05) is 38.5 Å². The number of nitrogens with one attached hydrogen (secondary N) is 1. The van der Waals surface area contributed by atoms with Gasteiger partial charge in [-0.25, -0.2) is 9.29 Å². The van der Waals surface area contributed by atoms with Crippen LogP contribution in [0.3, 0.4) is 0 Å². The second kappa shape index (κ2) is 6.74. The molecule has 1 aliphatic heterocycles. The molecule has 0 unspecified atom stereocenters. The first-order valence-electron chi connectivity index (χ1n) is 8.15. The van der Waals surface area contributed by atoms with Gasteiger partial charge in [0.15, 0.2) is 5.58 Å². The molecule has 2 aromatic rings. The number of rotatable bonds is 2. The van der Waals surface area contributed by atoms with Crippen molar-refractivity contribution >= 4 is 34.0 Å². The zero-order chi connectivity index (χ0) is 17.3. The van der Waals surface area contributed by atoms with E-state index in [1.165, 1.54) is 11.9 Å². The SMILES string of the molecule is CN1CCN(SC(=O)Nc2ccc3oc(C(C)(C)C)nc3c2)CC1. The van der Waals surface area contributed by atoms with E-state index in [2.05, 4.69) is 47.3 Å². The quantitative estimate of drug-likeness (QED) is 0.838.